The van der Waals surface area contributed by atoms with Gasteiger partial charge in [0.25, 0.3) is 0 Å². The average molecular weight is 327 g/mol. The highest BCUT2D eigenvalue weighted by Crippen LogP contribution is 2.25. The Kier molecular flexibility index (Phi) is 5.19. The molecule has 1 aromatic heterocycles. The lowest BCUT2D eigenvalue weighted by atomic mass is 10.1. The summed E-state index contributed by atoms with van der Waals surface area (Å²) in [6.07, 6.45) is 0. The molecule has 0 saturated heterocycles. The van der Waals surface area contributed by atoms with Gasteiger partial charge in [0.1, 0.15) is 11.6 Å². The van der Waals surface area contributed by atoms with E-state index in [9.17, 15) is 0 Å². The predicted octanol–water partition coefficient (Wildman–Crippen LogP) is 4.51. The molecule has 0 aliphatic rings. The van der Waals surface area contributed by atoms with Crippen LogP contribution in [0.15, 0.2) is 54.6 Å². The minimum Gasteiger partial charge on any atom is -0.399 e. The first-order chi connectivity index (χ1) is 10.6. The maximum atomic E-state index is 5.86. The molecule has 0 radical (unpaired) electrons. The molecule has 0 fully saturated rings. The molecular weight excluding hydrogens is 308 g/mol. The smallest absolute Gasteiger partial charge is 0.134 e. The Morgan fingerprint density at radius 1 is 0.913 bits per heavy atom. The van der Waals surface area contributed by atoms with E-state index in [-0.39, 0.29) is 12.4 Å². The Morgan fingerprint density at radius 2 is 1.65 bits per heavy atom. The number of nitrogens with two attached hydrogens (primary N) is 1. The Labute approximate surface area is 142 Å². The average Bonchev–Trinajstić information content (AvgIpc) is 2.51. The molecule has 0 spiro atoms. The number of aryl methyl sites for hydroxylation is 2. The van der Waals surface area contributed by atoms with Crippen LogP contribution in [0.25, 0.3) is 11.3 Å². The maximum absolute atomic E-state index is 5.86. The first-order valence-electron chi connectivity index (χ1n) is 7.16. The molecule has 0 saturated carbocycles. The number of benzene rings is 2. The zero-order valence-corrected chi connectivity index (χ0v) is 13.9. The number of hydrogen-bond acceptors (Lipinski definition) is 4. The monoisotopic (exact) mass is 326 g/mol. The number of hydrogen-bond donors (Lipinski definition) is 2. The molecule has 3 aromatic rings. The number of nitrogen functional groups attached to an aromatic ring is 1. The fourth-order valence-corrected chi connectivity index (χ4v) is 2.30. The SMILES string of the molecule is Cc1nc(Nc2cc(N)ccc2C)cc(-c2ccccc2)n1.Cl. The van der Waals surface area contributed by atoms with Crippen molar-refractivity contribution in [2.75, 3.05) is 11.1 Å². The van der Waals surface area contributed by atoms with Crippen molar-refractivity contribution in [1.82, 2.24) is 9.97 Å². The lowest BCUT2D eigenvalue weighted by molar-refractivity contribution is 1.06. The molecule has 4 nitrogen and oxygen atoms in total. The fraction of sp³-hybridized carbons (Fsp3) is 0.111. The van der Waals surface area contributed by atoms with E-state index >= 15 is 0 Å². The van der Waals surface area contributed by atoms with Gasteiger partial charge in [-0.2, -0.15) is 0 Å². The van der Waals surface area contributed by atoms with Gasteiger partial charge in [-0.3, -0.25) is 0 Å². The van der Waals surface area contributed by atoms with Gasteiger partial charge in [-0.1, -0.05) is 36.4 Å². The largest absolute Gasteiger partial charge is 0.399 e. The van der Waals surface area contributed by atoms with Gasteiger partial charge in [-0.15, -0.1) is 12.4 Å². The summed E-state index contributed by atoms with van der Waals surface area (Å²) in [4.78, 5) is 8.97. The topological polar surface area (TPSA) is 63.8 Å². The van der Waals surface area contributed by atoms with E-state index in [4.69, 9.17) is 5.73 Å². The second-order valence-corrected chi connectivity index (χ2v) is 5.25. The van der Waals surface area contributed by atoms with Crippen LogP contribution >= 0.6 is 12.4 Å². The van der Waals surface area contributed by atoms with Crippen LogP contribution < -0.4 is 11.1 Å². The minimum atomic E-state index is 0. The van der Waals surface area contributed by atoms with Gasteiger partial charge in [0, 0.05) is 23.0 Å². The first kappa shape index (κ1) is 16.8. The van der Waals surface area contributed by atoms with Crippen LogP contribution in [0.4, 0.5) is 17.2 Å². The molecule has 0 atom stereocenters. The second kappa shape index (κ2) is 7.11. The number of nitrogens with zero attached hydrogens (tertiary/aromatic N) is 2. The summed E-state index contributed by atoms with van der Waals surface area (Å²) in [6, 6.07) is 17.8. The van der Waals surface area contributed by atoms with Gasteiger partial charge in [-0.25, -0.2) is 9.97 Å². The molecule has 23 heavy (non-hydrogen) atoms. The molecule has 0 aliphatic carbocycles. The van der Waals surface area contributed by atoms with Crippen molar-refractivity contribution in [2.45, 2.75) is 13.8 Å². The van der Waals surface area contributed by atoms with Gasteiger partial charge >= 0.3 is 0 Å². The number of nitrogens with one attached hydrogen (secondary N) is 1. The summed E-state index contributed by atoms with van der Waals surface area (Å²) >= 11 is 0. The highest BCUT2D eigenvalue weighted by molar-refractivity contribution is 5.85. The number of aromatic nitrogens is 2. The maximum Gasteiger partial charge on any atom is 0.134 e. The molecule has 0 bridgehead atoms. The quantitative estimate of drug-likeness (QED) is 0.695. The third kappa shape index (κ3) is 3.99. The molecule has 3 N–H and O–H groups in total. The Morgan fingerprint density at radius 3 is 2.39 bits per heavy atom. The van der Waals surface area contributed by atoms with Crippen LogP contribution in [-0.4, -0.2) is 9.97 Å². The van der Waals surface area contributed by atoms with Crippen molar-refractivity contribution in [2.24, 2.45) is 0 Å². The van der Waals surface area contributed by atoms with Crippen LogP contribution in [0, 0.1) is 13.8 Å². The summed E-state index contributed by atoms with van der Waals surface area (Å²) in [6.45, 7) is 3.93. The number of rotatable bonds is 3. The predicted molar refractivity (Wildman–Crippen MR) is 98.3 cm³/mol. The highest BCUT2D eigenvalue weighted by Gasteiger charge is 2.06. The van der Waals surface area contributed by atoms with Crippen LogP contribution in [0.5, 0.6) is 0 Å². The second-order valence-electron chi connectivity index (χ2n) is 5.25. The molecule has 0 unspecified atom stereocenters. The highest BCUT2D eigenvalue weighted by atomic mass is 35.5. The fourth-order valence-electron chi connectivity index (χ4n) is 2.30. The van der Waals surface area contributed by atoms with Crippen LogP contribution in [-0.2, 0) is 0 Å². The third-order valence-electron chi connectivity index (χ3n) is 3.43. The first-order valence-corrected chi connectivity index (χ1v) is 7.16. The summed E-state index contributed by atoms with van der Waals surface area (Å²) in [5.41, 5.74) is 10.6. The summed E-state index contributed by atoms with van der Waals surface area (Å²) < 4.78 is 0. The van der Waals surface area contributed by atoms with E-state index < -0.39 is 0 Å². The van der Waals surface area contributed by atoms with Crippen molar-refractivity contribution < 1.29 is 0 Å². The van der Waals surface area contributed by atoms with Gasteiger partial charge in [0.05, 0.1) is 5.69 Å². The molecular formula is C18H19ClN4. The van der Waals surface area contributed by atoms with Crippen LogP contribution in [0.2, 0.25) is 0 Å². The summed E-state index contributed by atoms with van der Waals surface area (Å²) in [7, 11) is 0. The van der Waals surface area contributed by atoms with E-state index in [0.717, 1.165) is 39.8 Å². The summed E-state index contributed by atoms with van der Waals surface area (Å²) in [5, 5.41) is 3.33. The Balaban J connectivity index is 0.00000192. The number of anilines is 3. The lowest BCUT2D eigenvalue weighted by Crippen LogP contribution is -2.00. The Hall–Kier alpha value is -2.59. The Bertz CT molecular complexity index is 803. The van der Waals surface area contributed by atoms with E-state index in [1.54, 1.807) is 0 Å². The normalized spacial score (nSPS) is 10.0. The molecule has 0 aliphatic heterocycles. The third-order valence-corrected chi connectivity index (χ3v) is 3.43. The standard InChI is InChI=1S/C18H18N4.ClH/c1-12-8-9-15(19)10-16(12)22-18-11-17(20-13(2)21-18)14-6-4-3-5-7-14;/h3-11H,19H2,1-2H3,(H,20,21,22);1H. The van der Waals surface area contributed by atoms with Crippen molar-refractivity contribution in [3.05, 3.63) is 66.0 Å². The molecule has 2 aromatic carbocycles. The van der Waals surface area contributed by atoms with Crippen molar-refractivity contribution in [3.8, 4) is 11.3 Å². The van der Waals surface area contributed by atoms with Crippen LogP contribution in [0.3, 0.4) is 0 Å². The lowest BCUT2D eigenvalue weighted by Gasteiger charge is -2.11. The van der Waals surface area contributed by atoms with Crippen molar-refractivity contribution in [1.29, 1.82) is 0 Å². The molecule has 5 heteroatoms. The minimum absolute atomic E-state index is 0. The van der Waals surface area contributed by atoms with Gasteiger partial charge < -0.3 is 11.1 Å². The summed E-state index contributed by atoms with van der Waals surface area (Å²) in [5.74, 6) is 1.49. The zero-order chi connectivity index (χ0) is 15.5. The van der Waals surface area contributed by atoms with E-state index in [2.05, 4.69) is 15.3 Å². The molecule has 118 valence electrons. The zero-order valence-electron chi connectivity index (χ0n) is 13.1. The van der Waals surface area contributed by atoms with Crippen LogP contribution in [0.1, 0.15) is 11.4 Å². The van der Waals surface area contributed by atoms with Crippen molar-refractivity contribution in [3.63, 3.8) is 0 Å². The van der Waals surface area contributed by atoms with Gasteiger partial charge in [0.15, 0.2) is 0 Å². The number of halogens is 1. The van der Waals surface area contributed by atoms with E-state index in [1.807, 2.05) is 68.4 Å². The molecule has 1 heterocycles. The van der Waals surface area contributed by atoms with E-state index in [0.29, 0.717) is 0 Å². The van der Waals surface area contributed by atoms with Gasteiger partial charge in [-0.05, 0) is 31.5 Å². The van der Waals surface area contributed by atoms with Crippen molar-refractivity contribution >= 4 is 29.6 Å². The van der Waals surface area contributed by atoms with E-state index in [1.165, 1.54) is 0 Å². The molecule has 0 amide bonds. The van der Waals surface area contributed by atoms with Gasteiger partial charge in [0.2, 0.25) is 0 Å². The molecule has 3 rings (SSSR count).